The van der Waals surface area contributed by atoms with Gasteiger partial charge in [0.1, 0.15) is 5.82 Å². The first kappa shape index (κ1) is 15.5. The normalized spacial score (nSPS) is 11.5. The zero-order valence-corrected chi connectivity index (χ0v) is 11.5. The van der Waals surface area contributed by atoms with Crippen molar-refractivity contribution >= 4 is 17.4 Å². The maximum absolute atomic E-state index is 13.2. The topological polar surface area (TPSA) is 17.1 Å². The Morgan fingerprint density at radius 2 is 1.81 bits per heavy atom. The summed E-state index contributed by atoms with van der Waals surface area (Å²) in [5, 5.41) is 0.332. The summed E-state index contributed by atoms with van der Waals surface area (Å²) in [5.74, 6) is -2.05. The lowest BCUT2D eigenvalue weighted by molar-refractivity contribution is -0.140. The van der Waals surface area contributed by atoms with Gasteiger partial charge in [-0.15, -0.1) is 0 Å². The van der Waals surface area contributed by atoms with Crippen LogP contribution in [0.15, 0.2) is 36.4 Å². The SMILES string of the molecule is Cc1c(Cl)cccc1C(=O)c1ccc(F)c(C(F)(F)F)c1. The van der Waals surface area contributed by atoms with Crippen LogP contribution in [-0.2, 0) is 6.18 Å². The van der Waals surface area contributed by atoms with Crippen molar-refractivity contribution in [2.45, 2.75) is 13.1 Å². The van der Waals surface area contributed by atoms with Crippen LogP contribution in [0.4, 0.5) is 17.6 Å². The Labute approximate surface area is 123 Å². The van der Waals surface area contributed by atoms with Crippen molar-refractivity contribution in [1.29, 1.82) is 0 Å². The highest BCUT2D eigenvalue weighted by Crippen LogP contribution is 2.32. The molecule has 0 aromatic heterocycles. The van der Waals surface area contributed by atoms with E-state index in [1.54, 1.807) is 13.0 Å². The van der Waals surface area contributed by atoms with Crippen LogP contribution in [0.1, 0.15) is 27.0 Å². The van der Waals surface area contributed by atoms with Crippen molar-refractivity contribution in [3.63, 3.8) is 0 Å². The lowest BCUT2D eigenvalue weighted by Gasteiger charge is -2.11. The van der Waals surface area contributed by atoms with Gasteiger partial charge < -0.3 is 0 Å². The van der Waals surface area contributed by atoms with Gasteiger partial charge in [-0.3, -0.25) is 4.79 Å². The van der Waals surface area contributed by atoms with Crippen LogP contribution in [0.5, 0.6) is 0 Å². The minimum atomic E-state index is -4.86. The summed E-state index contributed by atoms with van der Waals surface area (Å²) < 4.78 is 51.2. The molecule has 0 heterocycles. The third kappa shape index (κ3) is 3.08. The second-order valence-corrected chi connectivity index (χ2v) is 4.84. The number of carbonyl (C=O) groups is 1. The highest BCUT2D eigenvalue weighted by atomic mass is 35.5. The first-order valence-corrected chi connectivity index (χ1v) is 6.26. The van der Waals surface area contributed by atoms with Crippen LogP contribution in [0.25, 0.3) is 0 Å². The molecule has 0 fully saturated rings. The third-order valence-electron chi connectivity index (χ3n) is 3.05. The molecule has 0 aliphatic carbocycles. The van der Waals surface area contributed by atoms with Crippen molar-refractivity contribution in [3.8, 4) is 0 Å². The lowest BCUT2D eigenvalue weighted by atomic mass is 9.97. The van der Waals surface area contributed by atoms with Crippen LogP contribution >= 0.6 is 11.6 Å². The molecule has 2 aromatic carbocycles. The van der Waals surface area contributed by atoms with Gasteiger partial charge in [-0.2, -0.15) is 13.2 Å². The van der Waals surface area contributed by atoms with E-state index in [1.165, 1.54) is 12.1 Å². The molecule has 0 aliphatic rings. The molecule has 0 spiro atoms. The quantitative estimate of drug-likeness (QED) is 0.560. The zero-order valence-electron chi connectivity index (χ0n) is 10.8. The molecule has 0 saturated carbocycles. The van der Waals surface area contributed by atoms with Gasteiger partial charge in [0.05, 0.1) is 5.56 Å². The lowest BCUT2D eigenvalue weighted by Crippen LogP contribution is -2.11. The molecule has 0 saturated heterocycles. The smallest absolute Gasteiger partial charge is 0.289 e. The molecule has 21 heavy (non-hydrogen) atoms. The molecule has 6 heteroatoms. The van der Waals surface area contributed by atoms with Crippen molar-refractivity contribution < 1.29 is 22.4 Å². The van der Waals surface area contributed by atoms with Gasteiger partial charge >= 0.3 is 6.18 Å². The Balaban J connectivity index is 2.52. The molecule has 0 unspecified atom stereocenters. The number of carbonyl (C=O) groups excluding carboxylic acids is 1. The molecule has 2 rings (SSSR count). The predicted molar refractivity (Wildman–Crippen MR) is 71.0 cm³/mol. The molecule has 0 N–H and O–H groups in total. The van der Waals surface area contributed by atoms with Gasteiger partial charge in [0.2, 0.25) is 0 Å². The van der Waals surface area contributed by atoms with E-state index in [-0.39, 0.29) is 11.1 Å². The second kappa shape index (κ2) is 5.48. The number of hydrogen-bond acceptors (Lipinski definition) is 1. The van der Waals surface area contributed by atoms with Crippen LogP contribution in [0.3, 0.4) is 0 Å². The molecule has 1 nitrogen and oxygen atoms in total. The summed E-state index contributed by atoms with van der Waals surface area (Å²) in [5.41, 5.74) is -1.06. The first-order chi connectivity index (χ1) is 9.71. The minimum Gasteiger partial charge on any atom is -0.289 e. The molecule has 0 bridgehead atoms. The molecule has 0 atom stereocenters. The van der Waals surface area contributed by atoms with E-state index >= 15 is 0 Å². The Morgan fingerprint density at radius 3 is 2.43 bits per heavy atom. The fourth-order valence-corrected chi connectivity index (χ4v) is 2.07. The van der Waals surface area contributed by atoms with Gasteiger partial charge in [-0.25, -0.2) is 4.39 Å². The van der Waals surface area contributed by atoms with Crippen molar-refractivity contribution in [2.24, 2.45) is 0 Å². The molecule has 0 radical (unpaired) electrons. The molecule has 110 valence electrons. The number of hydrogen-bond donors (Lipinski definition) is 0. The van der Waals surface area contributed by atoms with Gasteiger partial charge in [0, 0.05) is 16.1 Å². The minimum absolute atomic E-state index is 0.183. The monoisotopic (exact) mass is 316 g/mol. The van der Waals surface area contributed by atoms with Gasteiger partial charge in [-0.1, -0.05) is 23.7 Å². The molecular weight excluding hydrogens is 308 g/mol. The van der Waals surface area contributed by atoms with Gasteiger partial charge in [0.15, 0.2) is 5.78 Å². The van der Waals surface area contributed by atoms with E-state index in [0.29, 0.717) is 22.7 Å². The van der Waals surface area contributed by atoms with E-state index in [2.05, 4.69) is 0 Å². The van der Waals surface area contributed by atoms with Crippen molar-refractivity contribution in [1.82, 2.24) is 0 Å². The van der Waals surface area contributed by atoms with Crippen molar-refractivity contribution in [2.75, 3.05) is 0 Å². The van der Waals surface area contributed by atoms with E-state index < -0.39 is 23.3 Å². The Kier molecular flexibility index (Phi) is 4.05. The molecule has 0 aliphatic heterocycles. The fraction of sp³-hybridized carbons (Fsp3) is 0.133. The van der Waals surface area contributed by atoms with Gasteiger partial charge in [-0.05, 0) is 36.8 Å². The van der Waals surface area contributed by atoms with Crippen LogP contribution in [0, 0.1) is 12.7 Å². The largest absolute Gasteiger partial charge is 0.419 e. The highest BCUT2D eigenvalue weighted by Gasteiger charge is 2.34. The summed E-state index contributed by atoms with van der Waals surface area (Å²) in [7, 11) is 0. The van der Waals surface area contributed by atoms with Crippen molar-refractivity contribution in [3.05, 3.63) is 69.5 Å². The standard InChI is InChI=1S/C15H9ClF4O/c1-8-10(3-2-4-12(8)16)14(21)9-5-6-13(17)11(7-9)15(18,19)20/h2-7H,1H3. The second-order valence-electron chi connectivity index (χ2n) is 4.43. The zero-order chi connectivity index (χ0) is 15.8. The summed E-state index contributed by atoms with van der Waals surface area (Å²) in [6, 6.07) is 6.72. The Morgan fingerprint density at radius 1 is 1.14 bits per heavy atom. The van der Waals surface area contributed by atoms with Crippen LogP contribution < -0.4 is 0 Å². The summed E-state index contributed by atoms with van der Waals surface area (Å²) in [4.78, 5) is 12.3. The number of alkyl halides is 3. The van der Waals surface area contributed by atoms with E-state index in [0.717, 1.165) is 6.07 Å². The highest BCUT2D eigenvalue weighted by molar-refractivity contribution is 6.32. The predicted octanol–water partition coefficient (Wildman–Crippen LogP) is 5.04. The number of ketones is 1. The summed E-state index contributed by atoms with van der Waals surface area (Å²) in [6.45, 7) is 1.59. The van der Waals surface area contributed by atoms with Crippen LogP contribution in [-0.4, -0.2) is 5.78 Å². The number of benzene rings is 2. The van der Waals surface area contributed by atoms with Crippen LogP contribution in [0.2, 0.25) is 5.02 Å². The molecule has 0 amide bonds. The third-order valence-corrected chi connectivity index (χ3v) is 3.46. The summed E-state index contributed by atoms with van der Waals surface area (Å²) in [6.07, 6.45) is -4.86. The molecular formula is C15H9ClF4O. The van der Waals surface area contributed by atoms with Gasteiger partial charge in [0.25, 0.3) is 0 Å². The Bertz CT molecular complexity index is 707. The molecule has 2 aromatic rings. The van der Waals surface area contributed by atoms with E-state index in [1.807, 2.05) is 0 Å². The average molecular weight is 317 g/mol. The Hall–Kier alpha value is -1.88. The maximum atomic E-state index is 13.2. The summed E-state index contributed by atoms with van der Waals surface area (Å²) >= 11 is 5.88. The van der Waals surface area contributed by atoms with E-state index in [9.17, 15) is 22.4 Å². The fourth-order valence-electron chi connectivity index (χ4n) is 1.89. The first-order valence-electron chi connectivity index (χ1n) is 5.88. The number of rotatable bonds is 2. The number of halogens is 5. The average Bonchev–Trinajstić information content (AvgIpc) is 2.40. The van der Waals surface area contributed by atoms with E-state index in [4.69, 9.17) is 11.6 Å². The maximum Gasteiger partial charge on any atom is 0.419 e.